The molecule has 29 heavy (non-hydrogen) atoms. The lowest BCUT2D eigenvalue weighted by atomic mass is 9.94. The van der Waals surface area contributed by atoms with Crippen molar-refractivity contribution in [3.63, 3.8) is 0 Å². The highest BCUT2D eigenvalue weighted by molar-refractivity contribution is 5.95. The van der Waals surface area contributed by atoms with Gasteiger partial charge in [-0.25, -0.2) is 0 Å². The number of nitrogens with one attached hydrogen (secondary N) is 1. The number of nitrogens with zero attached hydrogens (tertiary/aromatic N) is 1. The van der Waals surface area contributed by atoms with Gasteiger partial charge >= 0.3 is 5.97 Å². The zero-order valence-corrected chi connectivity index (χ0v) is 16.7. The summed E-state index contributed by atoms with van der Waals surface area (Å²) in [5, 5.41) is 7.46. The Morgan fingerprint density at radius 1 is 1.10 bits per heavy atom. The number of piperidine rings is 1. The molecule has 1 saturated heterocycles. The van der Waals surface area contributed by atoms with Crippen LogP contribution in [0.2, 0.25) is 0 Å². The second kappa shape index (κ2) is 9.37. The zero-order chi connectivity index (χ0) is 20.8. The molecule has 3 rings (SSSR count). The van der Waals surface area contributed by atoms with Gasteiger partial charge in [-0.2, -0.15) is 0 Å². The summed E-state index contributed by atoms with van der Waals surface area (Å²) in [6.45, 7) is 1.37. The third kappa shape index (κ3) is 5.44. The summed E-state index contributed by atoms with van der Waals surface area (Å²) in [5.74, 6) is 0.117. The van der Waals surface area contributed by atoms with Crippen molar-refractivity contribution < 1.29 is 14.3 Å². The van der Waals surface area contributed by atoms with Gasteiger partial charge in [-0.15, -0.1) is 0 Å². The number of amidine groups is 1. The number of carbonyl (C=O) groups excluding carboxylic acids is 2. The topological polar surface area (TPSA) is 96.5 Å². The van der Waals surface area contributed by atoms with Crippen molar-refractivity contribution in [3.8, 4) is 11.1 Å². The normalized spacial score (nSPS) is 16.3. The Kier molecular flexibility index (Phi) is 6.65. The lowest BCUT2D eigenvalue weighted by Crippen LogP contribution is -2.41. The Morgan fingerprint density at radius 2 is 1.72 bits per heavy atom. The molecule has 3 N–H and O–H groups in total. The molecular weight excluding hydrogens is 366 g/mol. The van der Waals surface area contributed by atoms with E-state index in [-0.39, 0.29) is 23.6 Å². The van der Waals surface area contributed by atoms with E-state index in [1.54, 1.807) is 0 Å². The minimum absolute atomic E-state index is 0.0527. The number of amides is 1. The highest BCUT2D eigenvalue weighted by Crippen LogP contribution is 2.23. The maximum atomic E-state index is 12.7. The van der Waals surface area contributed by atoms with Crippen LogP contribution in [0.4, 0.5) is 0 Å². The molecular formula is C23H27N3O3. The fourth-order valence-corrected chi connectivity index (χ4v) is 3.72. The third-order valence-electron chi connectivity index (χ3n) is 5.39. The predicted octanol–water partition coefficient (Wildman–Crippen LogP) is 2.98. The Morgan fingerprint density at radius 3 is 2.31 bits per heavy atom. The molecule has 0 radical (unpaired) electrons. The molecule has 1 unspecified atom stereocenters. The molecule has 1 aliphatic heterocycles. The van der Waals surface area contributed by atoms with Crippen molar-refractivity contribution in [2.75, 3.05) is 20.2 Å². The molecule has 0 aromatic heterocycles. The van der Waals surface area contributed by atoms with Gasteiger partial charge in [0.1, 0.15) is 5.84 Å². The molecule has 1 fully saturated rings. The Hall–Kier alpha value is -3.15. The van der Waals surface area contributed by atoms with Gasteiger partial charge in [0.2, 0.25) is 5.91 Å². The number of hydrogen-bond donors (Lipinski definition) is 2. The van der Waals surface area contributed by atoms with E-state index in [0.717, 1.165) is 36.1 Å². The van der Waals surface area contributed by atoms with Crippen molar-refractivity contribution in [1.29, 1.82) is 5.41 Å². The second-order valence-corrected chi connectivity index (χ2v) is 7.49. The number of likely N-dealkylation sites (tertiary alicyclic amines) is 1. The monoisotopic (exact) mass is 393 g/mol. The average molecular weight is 393 g/mol. The number of esters is 1. The number of ether oxygens (including phenoxy) is 1. The van der Waals surface area contributed by atoms with Crippen LogP contribution in [-0.2, 0) is 20.7 Å². The Balaban J connectivity index is 1.59. The largest absolute Gasteiger partial charge is 0.469 e. The number of nitrogen functional groups attached to an aromatic ring is 1. The van der Waals surface area contributed by atoms with Crippen LogP contribution in [0.3, 0.4) is 0 Å². The number of nitrogens with two attached hydrogens (primary N) is 1. The summed E-state index contributed by atoms with van der Waals surface area (Å²) in [6, 6.07) is 15.5. The van der Waals surface area contributed by atoms with Crippen molar-refractivity contribution in [2.24, 2.45) is 11.7 Å². The lowest BCUT2D eigenvalue weighted by Gasteiger charge is -2.32. The average Bonchev–Trinajstić information content (AvgIpc) is 2.74. The molecule has 6 nitrogen and oxygen atoms in total. The van der Waals surface area contributed by atoms with E-state index < -0.39 is 0 Å². The van der Waals surface area contributed by atoms with Gasteiger partial charge in [-0.1, -0.05) is 48.5 Å². The summed E-state index contributed by atoms with van der Waals surface area (Å²) in [6.07, 6.45) is 2.60. The highest BCUT2D eigenvalue weighted by Gasteiger charge is 2.25. The first kappa shape index (κ1) is 20.6. The van der Waals surface area contributed by atoms with Crippen molar-refractivity contribution >= 4 is 17.7 Å². The van der Waals surface area contributed by atoms with Crippen LogP contribution < -0.4 is 5.73 Å². The first-order valence-electron chi connectivity index (χ1n) is 9.84. The number of carbonyl (C=O) groups is 2. The van der Waals surface area contributed by atoms with Crippen molar-refractivity contribution in [2.45, 2.75) is 25.7 Å². The van der Waals surface area contributed by atoms with Crippen LogP contribution in [0.15, 0.2) is 48.5 Å². The molecule has 1 heterocycles. The predicted molar refractivity (Wildman–Crippen MR) is 113 cm³/mol. The molecule has 0 saturated carbocycles. The molecule has 1 amide bonds. The maximum Gasteiger partial charge on any atom is 0.305 e. The summed E-state index contributed by atoms with van der Waals surface area (Å²) < 4.78 is 4.75. The summed E-state index contributed by atoms with van der Waals surface area (Å²) >= 11 is 0. The number of rotatable bonds is 6. The third-order valence-corrected chi connectivity index (χ3v) is 5.39. The molecule has 0 spiro atoms. The minimum Gasteiger partial charge on any atom is -0.469 e. The zero-order valence-electron chi connectivity index (χ0n) is 16.7. The minimum atomic E-state index is -0.212. The van der Waals surface area contributed by atoms with Gasteiger partial charge < -0.3 is 15.4 Å². The van der Waals surface area contributed by atoms with Gasteiger partial charge in [-0.05, 0) is 35.4 Å². The molecule has 0 bridgehead atoms. The molecule has 1 aliphatic rings. The van der Waals surface area contributed by atoms with Gasteiger partial charge in [0.25, 0.3) is 0 Å². The summed E-state index contributed by atoms with van der Waals surface area (Å²) in [7, 11) is 1.40. The highest BCUT2D eigenvalue weighted by atomic mass is 16.5. The molecule has 1 atom stereocenters. The van der Waals surface area contributed by atoms with E-state index >= 15 is 0 Å². The van der Waals surface area contributed by atoms with E-state index in [0.29, 0.717) is 24.9 Å². The van der Waals surface area contributed by atoms with Crippen molar-refractivity contribution in [3.05, 3.63) is 59.7 Å². The molecule has 152 valence electrons. The van der Waals surface area contributed by atoms with Crippen LogP contribution >= 0.6 is 0 Å². The van der Waals surface area contributed by atoms with Crippen molar-refractivity contribution in [1.82, 2.24) is 4.90 Å². The van der Waals surface area contributed by atoms with Gasteiger partial charge in [0.05, 0.1) is 13.5 Å². The SMILES string of the molecule is COC(=O)CC1CCCN(C(=O)Cc2ccc(-c3ccc(C(=N)N)cc3)cc2)C1. The standard InChI is InChI=1S/C23H27N3O3/c1-29-22(28)14-17-3-2-12-26(15-17)21(27)13-16-4-6-18(7-5-16)19-8-10-20(11-9-19)23(24)25/h4-11,17H,2-3,12-15H2,1H3,(H3,24,25). The Labute approximate surface area is 171 Å². The molecule has 2 aromatic rings. The van der Waals surface area contributed by atoms with Gasteiger partial charge in [-0.3, -0.25) is 15.0 Å². The van der Waals surface area contributed by atoms with E-state index in [1.165, 1.54) is 7.11 Å². The first-order chi connectivity index (χ1) is 14.0. The lowest BCUT2D eigenvalue weighted by molar-refractivity contribution is -0.143. The van der Waals surface area contributed by atoms with E-state index in [1.807, 2.05) is 53.4 Å². The van der Waals surface area contributed by atoms with Crippen LogP contribution in [-0.4, -0.2) is 42.8 Å². The molecule has 0 aliphatic carbocycles. The fraction of sp³-hybridized carbons (Fsp3) is 0.348. The fourth-order valence-electron chi connectivity index (χ4n) is 3.72. The van der Waals surface area contributed by atoms with Crippen LogP contribution in [0.1, 0.15) is 30.4 Å². The number of benzene rings is 2. The van der Waals surface area contributed by atoms with Gasteiger partial charge in [0.15, 0.2) is 0 Å². The maximum absolute atomic E-state index is 12.7. The van der Waals surface area contributed by atoms with E-state index in [2.05, 4.69) is 0 Å². The molecule has 2 aromatic carbocycles. The van der Waals surface area contributed by atoms with Gasteiger partial charge in [0, 0.05) is 25.1 Å². The number of hydrogen-bond acceptors (Lipinski definition) is 4. The van der Waals surface area contributed by atoms with E-state index in [4.69, 9.17) is 15.9 Å². The first-order valence-corrected chi connectivity index (χ1v) is 9.84. The van der Waals surface area contributed by atoms with Crippen LogP contribution in [0, 0.1) is 11.3 Å². The summed E-state index contributed by atoms with van der Waals surface area (Å²) in [5.41, 5.74) is 9.24. The Bertz CT molecular complexity index is 875. The van der Waals surface area contributed by atoms with Crippen LogP contribution in [0.25, 0.3) is 11.1 Å². The number of methoxy groups -OCH3 is 1. The summed E-state index contributed by atoms with van der Waals surface area (Å²) in [4.78, 5) is 26.1. The smallest absolute Gasteiger partial charge is 0.305 e. The quantitative estimate of drug-likeness (QED) is 0.448. The second-order valence-electron chi connectivity index (χ2n) is 7.49. The molecule has 6 heteroatoms. The van der Waals surface area contributed by atoms with Crippen LogP contribution in [0.5, 0.6) is 0 Å². The van der Waals surface area contributed by atoms with E-state index in [9.17, 15) is 9.59 Å².